The lowest BCUT2D eigenvalue weighted by atomic mass is 9.93. The van der Waals surface area contributed by atoms with E-state index in [4.69, 9.17) is 4.99 Å². The zero-order valence-corrected chi connectivity index (χ0v) is 10.2. The minimum atomic E-state index is -0.164. The molecular formula is C13H15NO2S. The number of aliphatic hydroxyl groups is 1. The van der Waals surface area contributed by atoms with Crippen molar-refractivity contribution in [2.24, 2.45) is 4.99 Å². The Labute approximate surface area is 105 Å². The highest BCUT2D eigenvalue weighted by Gasteiger charge is 2.35. The fourth-order valence-corrected chi connectivity index (χ4v) is 3.89. The van der Waals surface area contributed by atoms with Crippen molar-refractivity contribution >= 4 is 16.8 Å². The molecule has 1 aliphatic heterocycles. The number of benzene rings is 1. The highest BCUT2D eigenvalue weighted by Crippen LogP contribution is 2.39. The van der Waals surface area contributed by atoms with Gasteiger partial charge in [0.1, 0.15) is 5.75 Å². The lowest BCUT2D eigenvalue weighted by Gasteiger charge is -2.26. The normalized spacial score (nSPS) is 32.1. The number of nitrogens with zero attached hydrogens (tertiary/aromatic N) is 1. The summed E-state index contributed by atoms with van der Waals surface area (Å²) in [5, 5.41) is 20.5. The molecule has 3 nitrogen and oxygen atoms in total. The number of hydrogen-bond donors (Lipinski definition) is 2. The summed E-state index contributed by atoms with van der Waals surface area (Å²) in [5.74, 6) is 0.278. The number of phenols is 1. The molecule has 4 heteroatoms. The van der Waals surface area contributed by atoms with Crippen molar-refractivity contribution in [3.05, 3.63) is 29.8 Å². The molecule has 0 bridgehead atoms. The van der Waals surface area contributed by atoms with Gasteiger partial charge in [-0.3, -0.25) is 4.99 Å². The SMILES string of the molecule is Oc1cccc(C2=NC3CCC(O)CC3S2)c1. The van der Waals surface area contributed by atoms with Crippen molar-refractivity contribution < 1.29 is 10.2 Å². The van der Waals surface area contributed by atoms with E-state index in [-0.39, 0.29) is 11.9 Å². The van der Waals surface area contributed by atoms with Gasteiger partial charge in [0.25, 0.3) is 0 Å². The maximum absolute atomic E-state index is 9.65. The summed E-state index contributed by atoms with van der Waals surface area (Å²) < 4.78 is 0. The molecule has 1 saturated carbocycles. The Morgan fingerprint density at radius 2 is 2.18 bits per heavy atom. The maximum atomic E-state index is 9.65. The van der Waals surface area contributed by atoms with Crippen LogP contribution >= 0.6 is 11.8 Å². The molecule has 1 aromatic carbocycles. The fraction of sp³-hybridized carbons (Fsp3) is 0.462. The largest absolute Gasteiger partial charge is 0.508 e. The number of hydrogen-bond acceptors (Lipinski definition) is 4. The molecule has 2 aliphatic rings. The molecule has 2 N–H and O–H groups in total. The van der Waals surface area contributed by atoms with Crippen LogP contribution in [0, 0.1) is 0 Å². The van der Waals surface area contributed by atoms with Crippen LogP contribution in [-0.2, 0) is 0 Å². The van der Waals surface area contributed by atoms with E-state index in [1.165, 1.54) is 0 Å². The second-order valence-electron chi connectivity index (χ2n) is 4.68. The number of thioether (sulfide) groups is 1. The zero-order chi connectivity index (χ0) is 11.8. The summed E-state index contributed by atoms with van der Waals surface area (Å²) >= 11 is 1.74. The highest BCUT2D eigenvalue weighted by molar-refractivity contribution is 8.15. The minimum absolute atomic E-state index is 0.164. The first-order valence-electron chi connectivity index (χ1n) is 5.94. The Bertz CT molecular complexity index is 460. The van der Waals surface area contributed by atoms with E-state index in [0.29, 0.717) is 11.3 Å². The van der Waals surface area contributed by atoms with Crippen LogP contribution in [0.3, 0.4) is 0 Å². The third kappa shape index (κ3) is 2.19. The van der Waals surface area contributed by atoms with E-state index < -0.39 is 0 Å². The van der Waals surface area contributed by atoms with Gasteiger partial charge < -0.3 is 10.2 Å². The van der Waals surface area contributed by atoms with Gasteiger partial charge in [0.2, 0.25) is 0 Å². The number of fused-ring (bicyclic) bond motifs is 1. The smallest absolute Gasteiger partial charge is 0.116 e. The van der Waals surface area contributed by atoms with E-state index in [9.17, 15) is 10.2 Å². The van der Waals surface area contributed by atoms with Crippen LogP contribution in [0.1, 0.15) is 24.8 Å². The van der Waals surface area contributed by atoms with E-state index in [0.717, 1.165) is 29.9 Å². The molecule has 3 atom stereocenters. The molecule has 90 valence electrons. The second kappa shape index (κ2) is 4.35. The summed E-state index contributed by atoms with van der Waals surface area (Å²) in [6.45, 7) is 0. The predicted octanol–water partition coefficient (Wildman–Crippen LogP) is 2.17. The Morgan fingerprint density at radius 3 is 3.00 bits per heavy atom. The van der Waals surface area contributed by atoms with Crippen LogP contribution in [0.5, 0.6) is 5.75 Å². The summed E-state index contributed by atoms with van der Waals surface area (Å²) in [6.07, 6.45) is 2.50. The van der Waals surface area contributed by atoms with E-state index in [1.807, 2.05) is 12.1 Å². The number of rotatable bonds is 1. The molecule has 17 heavy (non-hydrogen) atoms. The van der Waals surface area contributed by atoms with Gasteiger partial charge in [-0.1, -0.05) is 12.1 Å². The van der Waals surface area contributed by atoms with Crippen LogP contribution < -0.4 is 0 Å². The van der Waals surface area contributed by atoms with Gasteiger partial charge in [0, 0.05) is 10.8 Å². The molecule has 3 rings (SSSR count). The lowest BCUT2D eigenvalue weighted by Crippen LogP contribution is -2.30. The first kappa shape index (κ1) is 11.1. The number of aliphatic imine (C=N–C) groups is 1. The molecule has 3 unspecified atom stereocenters. The zero-order valence-electron chi connectivity index (χ0n) is 9.41. The van der Waals surface area contributed by atoms with E-state index in [1.54, 1.807) is 23.9 Å². The quantitative estimate of drug-likeness (QED) is 0.802. The summed E-state index contributed by atoms with van der Waals surface area (Å²) in [7, 11) is 0. The third-order valence-electron chi connectivity index (χ3n) is 3.37. The van der Waals surface area contributed by atoms with Crippen molar-refractivity contribution in [1.82, 2.24) is 0 Å². The van der Waals surface area contributed by atoms with Crippen molar-refractivity contribution in [3.63, 3.8) is 0 Å². The Morgan fingerprint density at radius 1 is 1.29 bits per heavy atom. The molecule has 1 aliphatic carbocycles. The van der Waals surface area contributed by atoms with Crippen molar-refractivity contribution in [2.75, 3.05) is 0 Å². The minimum Gasteiger partial charge on any atom is -0.508 e. The van der Waals surface area contributed by atoms with Gasteiger partial charge in [-0.15, -0.1) is 11.8 Å². The van der Waals surface area contributed by atoms with Gasteiger partial charge >= 0.3 is 0 Å². The first-order valence-corrected chi connectivity index (χ1v) is 6.82. The standard InChI is InChI=1S/C13H15NO2S/c15-9-3-1-2-8(6-9)13-14-11-5-4-10(16)7-12(11)17-13/h1-3,6,10-12,15-16H,4-5,7H2. The first-order chi connectivity index (χ1) is 8.22. The average Bonchev–Trinajstić information content (AvgIpc) is 2.72. The Hall–Kier alpha value is -1.00. The molecule has 1 fully saturated rings. The summed E-state index contributed by atoms with van der Waals surface area (Å²) in [6, 6.07) is 7.57. The molecule has 0 amide bonds. The number of phenolic OH excluding ortho intramolecular Hbond substituents is 1. The molecule has 0 spiro atoms. The fourth-order valence-electron chi connectivity index (χ4n) is 2.47. The molecule has 0 saturated heterocycles. The monoisotopic (exact) mass is 249 g/mol. The van der Waals surface area contributed by atoms with Gasteiger partial charge in [0.15, 0.2) is 0 Å². The van der Waals surface area contributed by atoms with Gasteiger partial charge in [-0.05, 0) is 31.4 Å². The third-order valence-corrected chi connectivity index (χ3v) is 4.74. The maximum Gasteiger partial charge on any atom is 0.116 e. The van der Waals surface area contributed by atoms with Gasteiger partial charge in [-0.2, -0.15) is 0 Å². The number of aromatic hydroxyl groups is 1. The summed E-state index contributed by atoms with van der Waals surface area (Å²) in [5.41, 5.74) is 0.985. The topological polar surface area (TPSA) is 52.8 Å². The lowest BCUT2D eigenvalue weighted by molar-refractivity contribution is 0.127. The highest BCUT2D eigenvalue weighted by atomic mass is 32.2. The van der Waals surface area contributed by atoms with Crippen molar-refractivity contribution in [2.45, 2.75) is 36.7 Å². The molecule has 1 aromatic rings. The molecule has 1 heterocycles. The summed E-state index contributed by atoms with van der Waals surface area (Å²) in [4.78, 5) is 4.71. The predicted molar refractivity (Wildman–Crippen MR) is 69.7 cm³/mol. The molecular weight excluding hydrogens is 234 g/mol. The van der Waals surface area contributed by atoms with Gasteiger partial charge in [0.05, 0.1) is 17.2 Å². The van der Waals surface area contributed by atoms with Crippen LogP contribution in [0.2, 0.25) is 0 Å². The Balaban J connectivity index is 1.82. The molecule has 0 radical (unpaired) electrons. The van der Waals surface area contributed by atoms with E-state index >= 15 is 0 Å². The van der Waals surface area contributed by atoms with Crippen molar-refractivity contribution in [1.29, 1.82) is 0 Å². The molecule has 0 aromatic heterocycles. The van der Waals surface area contributed by atoms with Crippen molar-refractivity contribution in [3.8, 4) is 5.75 Å². The second-order valence-corrected chi connectivity index (χ2v) is 5.90. The Kier molecular flexibility index (Phi) is 2.84. The number of aliphatic hydroxyl groups excluding tert-OH is 1. The van der Waals surface area contributed by atoms with Crippen LogP contribution in [0.25, 0.3) is 0 Å². The van der Waals surface area contributed by atoms with Crippen LogP contribution in [0.4, 0.5) is 0 Å². The van der Waals surface area contributed by atoms with E-state index in [2.05, 4.69) is 0 Å². The van der Waals surface area contributed by atoms with Gasteiger partial charge in [-0.25, -0.2) is 0 Å². The van der Waals surface area contributed by atoms with Crippen LogP contribution in [-0.4, -0.2) is 32.7 Å². The average molecular weight is 249 g/mol. The van der Waals surface area contributed by atoms with Crippen LogP contribution in [0.15, 0.2) is 29.3 Å².